The predicted octanol–water partition coefficient (Wildman–Crippen LogP) is -5.83. The normalized spacial score (nSPS) is 15.1. The number of aliphatic hydroxyl groups excluding tert-OH is 1. The fourth-order valence-corrected chi connectivity index (χ4v) is 8.31. The molecule has 0 bridgehead atoms. The minimum atomic E-state index is -1.57. The lowest BCUT2D eigenvalue weighted by atomic mass is 9.99. The van der Waals surface area contributed by atoms with E-state index in [2.05, 4.69) is 68.1 Å². The molecule has 0 radical (unpaired) electrons. The summed E-state index contributed by atoms with van der Waals surface area (Å²) in [5.74, 6) is -11.4. The Labute approximate surface area is 492 Å². The average molecular weight is 1210 g/mol. The van der Waals surface area contributed by atoms with Gasteiger partial charge in [-0.1, -0.05) is 27.7 Å². The van der Waals surface area contributed by atoms with E-state index in [9.17, 15) is 67.7 Å². The van der Waals surface area contributed by atoms with Gasteiger partial charge in [-0.3, -0.25) is 62.5 Å². The quantitative estimate of drug-likeness (QED) is 0.0165. The predicted molar refractivity (Wildman–Crippen MR) is 310 cm³/mol. The number of hydrogen-bond acceptors (Lipinski definition) is 18. The Morgan fingerprint density at radius 3 is 1.48 bits per heavy atom. The standard InChI is InChI=1S/C51H90N18O14S/c1-25(2)20-36(49(82)62-29(7)42(75)64-34(14-15-38(71)72)46(79)61-28(6)43(76)65-35(16-19-84-8)47(80)68-37(23-70)40(54)73)67-50(83)39(26(3)4)69-48(81)33(13-11-18-58-51(55)56)63-41(74)27(5)60-45(78)32(12-9-10-17-52)66-44(77)31(53)21-30-22-57-24-59-30/h22,24-29,31-37,39,70H,9-21,23,52-53H2,1-8H3,(H2,54,73)(H,57,59)(H,60,78)(H,61,79)(H,62,82)(H,63,74)(H,64,75)(H,65,76)(H,66,77)(H,67,83)(H,68,80)(H,69,81)(H,71,72)(H4,55,56,58)/t27-,28-,29-,31-,32-,33-,34-,35-,36-,37-,39-/m0/s1. The number of carboxylic acid groups (broad SMARTS) is 1. The van der Waals surface area contributed by atoms with Gasteiger partial charge in [0.2, 0.25) is 65.0 Å². The van der Waals surface area contributed by atoms with E-state index in [0.29, 0.717) is 30.8 Å². The van der Waals surface area contributed by atoms with Crippen molar-refractivity contribution in [3.63, 3.8) is 0 Å². The van der Waals surface area contributed by atoms with E-state index in [1.54, 1.807) is 34.0 Å². The van der Waals surface area contributed by atoms with Crippen molar-refractivity contribution in [2.75, 3.05) is 31.7 Å². The number of aliphatic hydroxyl groups is 1. The Morgan fingerprint density at radius 2 is 1.04 bits per heavy atom. The largest absolute Gasteiger partial charge is 0.481 e. The highest BCUT2D eigenvalue weighted by molar-refractivity contribution is 7.98. The number of aliphatic imine (C=N–C) groups is 1. The summed E-state index contributed by atoms with van der Waals surface area (Å²) < 4.78 is 0. The van der Waals surface area contributed by atoms with E-state index < -0.39 is 163 Å². The molecule has 1 heterocycles. The first-order chi connectivity index (χ1) is 39.4. The second-order valence-corrected chi connectivity index (χ2v) is 21.8. The van der Waals surface area contributed by atoms with Crippen LogP contribution in [-0.2, 0) is 64.0 Å². The van der Waals surface area contributed by atoms with Gasteiger partial charge in [0.15, 0.2) is 5.96 Å². The summed E-state index contributed by atoms with van der Waals surface area (Å²) in [6, 6.07) is -14.5. The number of aromatic nitrogens is 2. The number of nitrogens with two attached hydrogens (primary N) is 5. The summed E-state index contributed by atoms with van der Waals surface area (Å²) in [5, 5.41) is 44.0. The number of aliphatic carboxylic acids is 1. The lowest BCUT2D eigenvalue weighted by molar-refractivity contribution is -0.138. The lowest BCUT2D eigenvalue weighted by Gasteiger charge is -2.29. The van der Waals surface area contributed by atoms with Crippen molar-refractivity contribution in [1.29, 1.82) is 0 Å². The van der Waals surface area contributed by atoms with Gasteiger partial charge < -0.3 is 97.0 Å². The Bertz CT molecular complexity index is 2380. The molecule has 23 N–H and O–H groups in total. The highest BCUT2D eigenvalue weighted by atomic mass is 32.2. The number of H-pyrrole nitrogens is 1. The maximum absolute atomic E-state index is 14.1. The van der Waals surface area contributed by atoms with Crippen LogP contribution in [0.15, 0.2) is 17.5 Å². The van der Waals surface area contributed by atoms with E-state index in [4.69, 9.17) is 28.7 Å². The Kier molecular flexibility index (Phi) is 34.5. The molecule has 1 aromatic heterocycles. The van der Waals surface area contributed by atoms with Crippen LogP contribution in [0.5, 0.6) is 0 Å². The number of aromatic amines is 1. The zero-order valence-electron chi connectivity index (χ0n) is 49.0. The van der Waals surface area contributed by atoms with Crippen LogP contribution in [-0.4, -0.2) is 195 Å². The molecule has 11 atom stereocenters. The van der Waals surface area contributed by atoms with E-state index in [-0.39, 0.29) is 56.9 Å². The van der Waals surface area contributed by atoms with Crippen LogP contribution >= 0.6 is 11.8 Å². The SMILES string of the molecule is CSCC[C@H](NC(=O)[C@H](C)NC(=O)[C@H](CCC(=O)O)NC(=O)[C@H](C)NC(=O)[C@H](CC(C)C)NC(=O)[C@@H](NC(=O)[C@H](CCCN=C(N)N)NC(=O)[C@H](C)NC(=O)[C@H](CCCCN)NC(=O)[C@@H](N)Cc1cnc[nH]1)C(C)C)C(=O)N[C@@H](CO)C(N)=O. The Balaban J connectivity index is 3.28. The van der Waals surface area contributed by atoms with Crippen LogP contribution in [0.1, 0.15) is 112 Å². The molecule has 1 aromatic rings. The second kappa shape index (κ2) is 39.0. The van der Waals surface area contributed by atoms with Gasteiger partial charge in [0.05, 0.1) is 19.0 Å². The number of hydrogen-bond donors (Lipinski definition) is 18. The summed E-state index contributed by atoms with van der Waals surface area (Å²) in [6.07, 6.45) is 5.01. The van der Waals surface area contributed by atoms with E-state index >= 15 is 0 Å². The molecule has 0 unspecified atom stereocenters. The number of unbranched alkanes of at least 4 members (excludes halogenated alkanes) is 1. The molecule has 0 fully saturated rings. The number of rotatable bonds is 41. The molecule has 0 spiro atoms. The van der Waals surface area contributed by atoms with Crippen molar-refractivity contribution in [3.8, 4) is 0 Å². The van der Waals surface area contributed by atoms with Gasteiger partial charge in [0.25, 0.3) is 0 Å². The summed E-state index contributed by atoms with van der Waals surface area (Å²) in [7, 11) is 0. The van der Waals surface area contributed by atoms with Crippen molar-refractivity contribution >= 4 is 88.7 Å². The van der Waals surface area contributed by atoms with E-state index in [1.165, 1.54) is 45.1 Å². The van der Waals surface area contributed by atoms with Crippen molar-refractivity contribution in [2.24, 2.45) is 45.5 Å². The van der Waals surface area contributed by atoms with Crippen LogP contribution < -0.4 is 81.8 Å². The third-order valence-corrected chi connectivity index (χ3v) is 13.3. The van der Waals surface area contributed by atoms with Crippen molar-refractivity contribution < 1.29 is 67.7 Å². The molecule has 474 valence electrons. The first-order valence-electron chi connectivity index (χ1n) is 27.6. The Morgan fingerprint density at radius 1 is 0.583 bits per heavy atom. The third kappa shape index (κ3) is 28.6. The number of carbonyl (C=O) groups excluding carboxylic acids is 11. The lowest BCUT2D eigenvalue weighted by Crippen LogP contribution is -2.61. The molecule has 32 nitrogen and oxygen atoms in total. The molecule has 0 aliphatic rings. The molecule has 0 aliphatic heterocycles. The molecule has 0 aromatic carbocycles. The fraction of sp³-hybridized carbons (Fsp3) is 0.686. The number of imidazole rings is 1. The van der Waals surface area contributed by atoms with Gasteiger partial charge in [0, 0.05) is 31.3 Å². The molecule has 0 aliphatic carbocycles. The highest BCUT2D eigenvalue weighted by Gasteiger charge is 2.35. The van der Waals surface area contributed by atoms with Crippen LogP contribution in [0.3, 0.4) is 0 Å². The average Bonchev–Trinajstić information content (AvgIpc) is 4.04. The number of amides is 11. The molecule has 0 saturated carbocycles. The third-order valence-electron chi connectivity index (χ3n) is 12.7. The molecule has 1 rings (SSSR count). The smallest absolute Gasteiger partial charge is 0.303 e. The molecule has 84 heavy (non-hydrogen) atoms. The van der Waals surface area contributed by atoms with Gasteiger partial charge in [0.1, 0.15) is 60.4 Å². The van der Waals surface area contributed by atoms with Crippen LogP contribution in [0.2, 0.25) is 0 Å². The Hall–Kier alpha value is -7.65. The molecule has 11 amide bonds. The first-order valence-corrected chi connectivity index (χ1v) is 29.0. The number of thioether (sulfide) groups is 1. The van der Waals surface area contributed by atoms with Gasteiger partial charge in [-0.2, -0.15) is 11.8 Å². The molecular weight excluding hydrogens is 1120 g/mol. The monoisotopic (exact) mass is 1210 g/mol. The maximum atomic E-state index is 14.1. The van der Waals surface area contributed by atoms with Crippen LogP contribution in [0.25, 0.3) is 0 Å². The van der Waals surface area contributed by atoms with Crippen molar-refractivity contribution in [1.82, 2.24) is 63.1 Å². The number of nitrogens with one attached hydrogen (secondary N) is 11. The number of carbonyl (C=O) groups is 12. The maximum Gasteiger partial charge on any atom is 0.303 e. The molecule has 33 heteroatoms. The van der Waals surface area contributed by atoms with E-state index in [0.717, 1.165) is 0 Å². The zero-order valence-corrected chi connectivity index (χ0v) is 49.9. The van der Waals surface area contributed by atoms with Crippen molar-refractivity contribution in [2.45, 2.75) is 179 Å². The minimum Gasteiger partial charge on any atom is -0.481 e. The van der Waals surface area contributed by atoms with Gasteiger partial charge >= 0.3 is 5.97 Å². The van der Waals surface area contributed by atoms with Gasteiger partial charge in [-0.05, 0) is 103 Å². The van der Waals surface area contributed by atoms with E-state index in [1.807, 2.05) is 0 Å². The van der Waals surface area contributed by atoms with Gasteiger partial charge in [-0.15, -0.1) is 0 Å². The summed E-state index contributed by atoms with van der Waals surface area (Å²) in [4.78, 5) is 170. The first kappa shape index (κ1) is 74.4. The highest BCUT2D eigenvalue weighted by Crippen LogP contribution is 2.12. The second-order valence-electron chi connectivity index (χ2n) is 20.8. The number of carboxylic acids is 1. The summed E-state index contributed by atoms with van der Waals surface area (Å²) in [6.45, 7) is 10.2. The number of guanidine groups is 1. The van der Waals surface area contributed by atoms with Crippen LogP contribution in [0, 0.1) is 11.8 Å². The zero-order chi connectivity index (χ0) is 63.8. The minimum absolute atomic E-state index is 0.0177. The fourth-order valence-electron chi connectivity index (χ4n) is 7.84. The number of nitrogens with zero attached hydrogens (tertiary/aromatic N) is 2. The molecule has 0 saturated heterocycles. The number of primary amides is 1. The topological polar surface area (TPSA) is 537 Å². The van der Waals surface area contributed by atoms with Crippen molar-refractivity contribution in [3.05, 3.63) is 18.2 Å². The summed E-state index contributed by atoms with van der Waals surface area (Å²) >= 11 is 1.34. The van der Waals surface area contributed by atoms with Gasteiger partial charge in [-0.25, -0.2) is 4.98 Å². The van der Waals surface area contributed by atoms with Crippen LogP contribution in [0.4, 0.5) is 0 Å². The summed E-state index contributed by atoms with van der Waals surface area (Å²) in [5.41, 5.74) is 28.6. The molecular formula is C51H90N18O14S.